The molecular weight excluding hydrogens is 287 g/mol. The van der Waals surface area contributed by atoms with Crippen molar-refractivity contribution < 1.29 is 18.7 Å². The molecule has 2 aliphatic rings. The van der Waals surface area contributed by atoms with Gasteiger partial charge < -0.3 is 14.5 Å². The van der Waals surface area contributed by atoms with Gasteiger partial charge in [-0.2, -0.15) is 0 Å². The second-order valence-corrected chi connectivity index (χ2v) is 5.56. The van der Waals surface area contributed by atoms with Crippen molar-refractivity contribution in [1.29, 1.82) is 0 Å². The van der Waals surface area contributed by atoms with Gasteiger partial charge in [-0.15, -0.1) is 0 Å². The third kappa shape index (κ3) is 3.11. The summed E-state index contributed by atoms with van der Waals surface area (Å²) < 4.78 is 18.4. The summed E-state index contributed by atoms with van der Waals surface area (Å²) in [6.45, 7) is 2.87. The first-order valence-electron chi connectivity index (χ1n) is 7.59. The summed E-state index contributed by atoms with van der Waals surface area (Å²) in [5.41, 5.74) is 1.62. The van der Waals surface area contributed by atoms with Crippen molar-refractivity contribution in [2.45, 2.75) is 19.3 Å². The van der Waals surface area contributed by atoms with E-state index < -0.39 is 0 Å². The quantitative estimate of drug-likeness (QED) is 0.847. The molecule has 0 aliphatic carbocycles. The average molecular weight is 306 g/mol. The van der Waals surface area contributed by atoms with E-state index in [0.717, 1.165) is 11.3 Å². The molecule has 6 heteroatoms. The van der Waals surface area contributed by atoms with Crippen LogP contribution in [0.15, 0.2) is 18.2 Å². The lowest BCUT2D eigenvalue weighted by Gasteiger charge is -2.27. The maximum absolute atomic E-state index is 13.2. The van der Waals surface area contributed by atoms with Crippen molar-refractivity contribution in [3.63, 3.8) is 0 Å². The Kier molecular flexibility index (Phi) is 4.38. The van der Waals surface area contributed by atoms with Gasteiger partial charge in [0.05, 0.1) is 13.2 Å². The van der Waals surface area contributed by atoms with Crippen molar-refractivity contribution in [2.75, 3.05) is 37.7 Å². The molecular formula is C16H19FN2O3. The number of hydrogen-bond acceptors (Lipinski definition) is 3. The standard InChI is InChI=1S/C16H19FN2O3/c17-13-1-2-14-12(11-13)5-6-19(14)16(21)4-3-15(20)18-7-9-22-10-8-18/h1-2,11H,3-10H2. The molecule has 0 spiro atoms. The van der Waals surface area contributed by atoms with Crippen LogP contribution in [0.25, 0.3) is 0 Å². The van der Waals surface area contributed by atoms with Gasteiger partial charge in [0.25, 0.3) is 0 Å². The van der Waals surface area contributed by atoms with Gasteiger partial charge in [0.15, 0.2) is 0 Å². The number of rotatable bonds is 3. The number of anilines is 1. The number of halogens is 1. The lowest BCUT2D eigenvalue weighted by molar-refractivity contribution is -0.136. The van der Waals surface area contributed by atoms with Gasteiger partial charge in [-0.05, 0) is 30.2 Å². The molecule has 2 aliphatic heterocycles. The summed E-state index contributed by atoms with van der Waals surface area (Å²) in [5, 5.41) is 0. The number of fused-ring (bicyclic) bond motifs is 1. The molecule has 0 bridgehead atoms. The Balaban J connectivity index is 1.56. The normalized spacial score (nSPS) is 17.5. The zero-order valence-corrected chi connectivity index (χ0v) is 12.4. The smallest absolute Gasteiger partial charge is 0.227 e. The summed E-state index contributed by atoms with van der Waals surface area (Å²) in [4.78, 5) is 27.8. The van der Waals surface area contributed by atoms with Crippen LogP contribution in [0.2, 0.25) is 0 Å². The number of carbonyl (C=O) groups is 2. The minimum absolute atomic E-state index is 0.00447. The van der Waals surface area contributed by atoms with E-state index in [-0.39, 0.29) is 30.5 Å². The number of ether oxygens (including phenoxy) is 1. The van der Waals surface area contributed by atoms with Crippen LogP contribution in [0, 0.1) is 5.82 Å². The first-order valence-corrected chi connectivity index (χ1v) is 7.59. The molecule has 0 N–H and O–H groups in total. The van der Waals surface area contributed by atoms with Crippen molar-refractivity contribution in [2.24, 2.45) is 0 Å². The van der Waals surface area contributed by atoms with E-state index in [4.69, 9.17) is 4.74 Å². The average Bonchev–Trinajstić information content (AvgIpc) is 2.96. The van der Waals surface area contributed by atoms with Crippen LogP contribution in [0.5, 0.6) is 0 Å². The van der Waals surface area contributed by atoms with Gasteiger partial charge in [0.1, 0.15) is 5.82 Å². The lowest BCUT2D eigenvalue weighted by atomic mass is 10.1. The number of nitrogens with zero attached hydrogens (tertiary/aromatic N) is 2. The minimum atomic E-state index is -0.282. The highest BCUT2D eigenvalue weighted by Gasteiger charge is 2.26. The van der Waals surface area contributed by atoms with Crippen molar-refractivity contribution >= 4 is 17.5 Å². The van der Waals surface area contributed by atoms with Crippen LogP contribution in [0.3, 0.4) is 0 Å². The van der Waals surface area contributed by atoms with E-state index in [1.165, 1.54) is 12.1 Å². The summed E-state index contributed by atoms with van der Waals surface area (Å²) in [7, 11) is 0. The predicted octanol–water partition coefficient (Wildman–Crippen LogP) is 1.35. The monoisotopic (exact) mass is 306 g/mol. The fourth-order valence-corrected chi connectivity index (χ4v) is 2.95. The highest BCUT2D eigenvalue weighted by Crippen LogP contribution is 2.29. The van der Waals surface area contributed by atoms with Crippen LogP contribution < -0.4 is 4.90 Å². The number of hydrogen-bond donors (Lipinski definition) is 0. The summed E-state index contributed by atoms with van der Waals surface area (Å²) in [6, 6.07) is 4.48. The molecule has 3 rings (SSSR count). The molecule has 0 unspecified atom stereocenters. The molecule has 22 heavy (non-hydrogen) atoms. The first kappa shape index (κ1) is 15.0. The molecule has 1 fully saturated rings. The molecule has 0 aromatic heterocycles. The topological polar surface area (TPSA) is 49.9 Å². The second kappa shape index (κ2) is 6.44. The van der Waals surface area contributed by atoms with Crippen LogP contribution in [0.1, 0.15) is 18.4 Å². The Morgan fingerprint density at radius 1 is 1.09 bits per heavy atom. The molecule has 0 saturated carbocycles. The molecule has 1 aromatic carbocycles. The van der Waals surface area contributed by atoms with Gasteiger partial charge in [-0.25, -0.2) is 4.39 Å². The Bertz CT molecular complexity index is 585. The van der Waals surface area contributed by atoms with Gasteiger partial charge in [0, 0.05) is 38.2 Å². The third-order valence-electron chi connectivity index (χ3n) is 4.15. The zero-order valence-electron chi connectivity index (χ0n) is 12.4. The number of amides is 2. The largest absolute Gasteiger partial charge is 0.378 e. The maximum Gasteiger partial charge on any atom is 0.227 e. The van der Waals surface area contributed by atoms with E-state index in [0.29, 0.717) is 39.3 Å². The van der Waals surface area contributed by atoms with Gasteiger partial charge in [-0.3, -0.25) is 9.59 Å². The van der Waals surface area contributed by atoms with E-state index in [1.54, 1.807) is 15.9 Å². The predicted molar refractivity (Wildman–Crippen MR) is 79.1 cm³/mol. The van der Waals surface area contributed by atoms with Crippen molar-refractivity contribution in [3.8, 4) is 0 Å². The van der Waals surface area contributed by atoms with Gasteiger partial charge in [-0.1, -0.05) is 0 Å². The van der Waals surface area contributed by atoms with E-state index >= 15 is 0 Å². The van der Waals surface area contributed by atoms with Gasteiger partial charge >= 0.3 is 0 Å². The van der Waals surface area contributed by atoms with E-state index in [1.807, 2.05) is 0 Å². The number of benzene rings is 1. The number of carbonyl (C=O) groups excluding carboxylic acids is 2. The fourth-order valence-electron chi connectivity index (χ4n) is 2.95. The van der Waals surface area contributed by atoms with Crippen LogP contribution >= 0.6 is 0 Å². The molecule has 1 saturated heterocycles. The highest BCUT2D eigenvalue weighted by molar-refractivity contribution is 5.97. The fraction of sp³-hybridized carbons (Fsp3) is 0.500. The summed E-state index contributed by atoms with van der Waals surface area (Å²) in [5.74, 6) is -0.363. The Morgan fingerprint density at radius 2 is 1.82 bits per heavy atom. The highest BCUT2D eigenvalue weighted by atomic mass is 19.1. The second-order valence-electron chi connectivity index (χ2n) is 5.56. The van der Waals surface area contributed by atoms with Crippen LogP contribution in [0.4, 0.5) is 10.1 Å². The van der Waals surface area contributed by atoms with Crippen molar-refractivity contribution in [3.05, 3.63) is 29.6 Å². The molecule has 2 heterocycles. The third-order valence-corrected chi connectivity index (χ3v) is 4.15. The SMILES string of the molecule is O=C(CCC(=O)N1CCc2cc(F)ccc21)N1CCOCC1. The first-order chi connectivity index (χ1) is 10.6. The molecule has 0 atom stereocenters. The Labute approximate surface area is 128 Å². The van der Waals surface area contributed by atoms with Crippen molar-refractivity contribution in [1.82, 2.24) is 4.90 Å². The van der Waals surface area contributed by atoms with E-state index in [9.17, 15) is 14.0 Å². The summed E-state index contributed by atoms with van der Waals surface area (Å²) >= 11 is 0. The molecule has 2 amide bonds. The molecule has 5 nitrogen and oxygen atoms in total. The minimum Gasteiger partial charge on any atom is -0.378 e. The molecule has 0 radical (unpaired) electrons. The Hall–Kier alpha value is -1.95. The number of morpholine rings is 1. The lowest BCUT2D eigenvalue weighted by Crippen LogP contribution is -2.41. The zero-order chi connectivity index (χ0) is 15.5. The molecule has 1 aromatic rings. The van der Waals surface area contributed by atoms with Crippen LogP contribution in [-0.4, -0.2) is 49.6 Å². The Morgan fingerprint density at radius 3 is 2.59 bits per heavy atom. The molecule has 118 valence electrons. The van der Waals surface area contributed by atoms with Crippen LogP contribution in [-0.2, 0) is 20.7 Å². The summed E-state index contributed by atoms with van der Waals surface area (Å²) in [6.07, 6.45) is 1.06. The van der Waals surface area contributed by atoms with E-state index in [2.05, 4.69) is 0 Å². The maximum atomic E-state index is 13.2. The van der Waals surface area contributed by atoms with Gasteiger partial charge in [0.2, 0.25) is 11.8 Å².